The summed E-state index contributed by atoms with van der Waals surface area (Å²) in [6, 6.07) is 16.4. The van der Waals surface area contributed by atoms with Gasteiger partial charge in [0.15, 0.2) is 0 Å². The summed E-state index contributed by atoms with van der Waals surface area (Å²) in [5.74, 6) is -0.416. The van der Waals surface area contributed by atoms with Crippen molar-refractivity contribution in [3.8, 4) is 5.75 Å². The molecule has 0 amide bonds. The van der Waals surface area contributed by atoms with E-state index < -0.39 is 0 Å². The van der Waals surface area contributed by atoms with E-state index in [1.54, 1.807) is 24.3 Å². The Hall–Kier alpha value is -1.70. The van der Waals surface area contributed by atoms with Crippen molar-refractivity contribution in [3.63, 3.8) is 0 Å². The Morgan fingerprint density at radius 2 is 1.56 bits per heavy atom. The summed E-state index contributed by atoms with van der Waals surface area (Å²) < 4.78 is 7.44. The maximum absolute atomic E-state index is 12.9. The monoisotopic (exact) mass is 553 g/mol. The number of hydrogen-bond donors (Lipinski definition) is 1. The maximum atomic E-state index is 12.9. The minimum atomic E-state index is -0.382. The number of H-pyrrole nitrogens is 1. The summed E-state index contributed by atoms with van der Waals surface area (Å²) in [6.07, 6.45) is 0.813. The van der Waals surface area contributed by atoms with Gasteiger partial charge in [-0.1, -0.05) is 42.5 Å². The molecule has 0 unspecified atom stereocenters. The number of ether oxygens (including phenoxy) is 1. The SMILES string of the molecule is O=C(CCc1ccccc1)Oc1ccccc1C(=O)c1[nH]c(Br)c(Br)c1Br. The Kier molecular flexibility index (Phi) is 6.68. The first-order valence-corrected chi connectivity index (χ1v) is 10.5. The van der Waals surface area contributed by atoms with Crippen LogP contribution < -0.4 is 4.74 Å². The topological polar surface area (TPSA) is 59.2 Å². The predicted octanol–water partition coefficient (Wildman–Crippen LogP) is 6.07. The van der Waals surface area contributed by atoms with E-state index in [1.165, 1.54) is 0 Å². The number of nitrogens with one attached hydrogen (secondary N) is 1. The van der Waals surface area contributed by atoms with Crippen molar-refractivity contribution in [2.45, 2.75) is 12.8 Å². The number of hydrogen-bond acceptors (Lipinski definition) is 3. The van der Waals surface area contributed by atoms with Crippen LogP contribution >= 0.6 is 47.8 Å². The molecule has 4 nitrogen and oxygen atoms in total. The second-order valence-corrected chi connectivity index (χ2v) is 8.11. The molecule has 3 aromatic rings. The number of aromatic amines is 1. The van der Waals surface area contributed by atoms with Crippen LogP contribution in [-0.2, 0) is 11.2 Å². The molecule has 1 aromatic heterocycles. The predicted molar refractivity (Wildman–Crippen MR) is 114 cm³/mol. The van der Waals surface area contributed by atoms with Crippen molar-refractivity contribution in [1.82, 2.24) is 4.98 Å². The quantitative estimate of drug-likeness (QED) is 0.228. The number of carbonyl (C=O) groups is 2. The number of rotatable bonds is 6. The zero-order chi connectivity index (χ0) is 19.4. The van der Waals surface area contributed by atoms with Crippen molar-refractivity contribution in [3.05, 3.63) is 85.0 Å². The summed E-state index contributed by atoms with van der Waals surface area (Å²) >= 11 is 10.1. The van der Waals surface area contributed by atoms with Gasteiger partial charge in [0, 0.05) is 6.42 Å². The second-order valence-electron chi connectivity index (χ2n) is 5.73. The fourth-order valence-electron chi connectivity index (χ4n) is 2.52. The van der Waals surface area contributed by atoms with E-state index in [9.17, 15) is 9.59 Å². The number of aryl methyl sites for hydroxylation is 1. The minimum absolute atomic E-state index is 0.232. The number of ketones is 1. The number of esters is 1. The zero-order valence-corrected chi connectivity index (χ0v) is 18.7. The molecule has 0 saturated carbocycles. The van der Waals surface area contributed by atoms with E-state index in [1.807, 2.05) is 30.3 Å². The third-order valence-corrected chi connectivity index (χ3v) is 7.13. The molecule has 27 heavy (non-hydrogen) atoms. The molecule has 1 N–H and O–H groups in total. The summed E-state index contributed by atoms with van der Waals surface area (Å²) in [7, 11) is 0. The van der Waals surface area contributed by atoms with E-state index in [2.05, 4.69) is 52.8 Å². The summed E-state index contributed by atoms with van der Waals surface area (Å²) in [4.78, 5) is 28.1. The first kappa shape index (κ1) is 20.0. The number of aromatic nitrogens is 1. The van der Waals surface area contributed by atoms with Crippen molar-refractivity contribution in [2.75, 3.05) is 0 Å². The number of para-hydroxylation sites is 1. The van der Waals surface area contributed by atoms with E-state index >= 15 is 0 Å². The van der Waals surface area contributed by atoms with Gasteiger partial charge in [-0.25, -0.2) is 0 Å². The highest BCUT2D eigenvalue weighted by Gasteiger charge is 2.23. The normalized spacial score (nSPS) is 10.6. The Bertz CT molecular complexity index is 983. The van der Waals surface area contributed by atoms with Crippen LogP contribution in [0.4, 0.5) is 0 Å². The van der Waals surface area contributed by atoms with E-state index in [-0.39, 0.29) is 23.9 Å². The van der Waals surface area contributed by atoms with Crippen molar-refractivity contribution < 1.29 is 14.3 Å². The van der Waals surface area contributed by atoms with Gasteiger partial charge < -0.3 is 9.72 Å². The molecule has 0 aliphatic rings. The van der Waals surface area contributed by atoms with Crippen LogP contribution in [0.5, 0.6) is 5.75 Å². The number of benzene rings is 2. The first-order valence-electron chi connectivity index (χ1n) is 8.08. The van der Waals surface area contributed by atoms with Crippen molar-refractivity contribution in [1.29, 1.82) is 0 Å². The average molecular weight is 556 g/mol. The van der Waals surface area contributed by atoms with Gasteiger partial charge in [0.25, 0.3) is 0 Å². The van der Waals surface area contributed by atoms with E-state index in [0.29, 0.717) is 31.2 Å². The molecule has 0 fully saturated rings. The molecule has 0 saturated heterocycles. The van der Waals surface area contributed by atoms with Gasteiger partial charge >= 0.3 is 5.97 Å². The lowest BCUT2D eigenvalue weighted by Gasteiger charge is -2.09. The molecule has 1 heterocycles. The molecule has 7 heteroatoms. The molecular weight excluding hydrogens is 542 g/mol. The fraction of sp³-hybridized carbons (Fsp3) is 0.100. The van der Waals surface area contributed by atoms with Gasteiger partial charge in [-0.15, -0.1) is 0 Å². The van der Waals surface area contributed by atoms with Gasteiger partial charge in [0.05, 0.1) is 19.1 Å². The largest absolute Gasteiger partial charge is 0.426 e. The van der Waals surface area contributed by atoms with Crippen LogP contribution in [0, 0.1) is 0 Å². The molecule has 0 aliphatic carbocycles. The molecule has 0 radical (unpaired) electrons. The standard InChI is InChI=1S/C20H14Br3NO3/c21-16-17(22)20(23)24-18(16)19(26)13-8-4-5-9-14(13)27-15(25)11-10-12-6-2-1-3-7-12/h1-9,24H,10-11H2. The Labute approximate surface area is 181 Å². The van der Waals surface area contributed by atoms with Crippen molar-refractivity contribution >= 4 is 59.5 Å². The molecule has 0 aliphatic heterocycles. The smallest absolute Gasteiger partial charge is 0.311 e. The Morgan fingerprint density at radius 1 is 0.889 bits per heavy atom. The average Bonchev–Trinajstić information content (AvgIpc) is 2.94. The third kappa shape index (κ3) is 4.78. The highest BCUT2D eigenvalue weighted by Crippen LogP contribution is 2.35. The third-order valence-electron chi connectivity index (χ3n) is 3.88. The van der Waals surface area contributed by atoms with Gasteiger partial charge in [0.1, 0.15) is 11.4 Å². The lowest BCUT2D eigenvalue weighted by atomic mass is 10.1. The molecule has 138 valence electrons. The van der Waals surface area contributed by atoms with Gasteiger partial charge in [-0.05, 0) is 71.9 Å². The number of halogens is 3. The highest BCUT2D eigenvalue weighted by atomic mass is 79.9. The highest BCUT2D eigenvalue weighted by molar-refractivity contribution is 9.14. The minimum Gasteiger partial charge on any atom is -0.426 e. The molecule has 2 aromatic carbocycles. The second kappa shape index (κ2) is 8.99. The fourth-order valence-corrected chi connectivity index (χ4v) is 3.96. The Morgan fingerprint density at radius 3 is 2.22 bits per heavy atom. The van der Waals surface area contributed by atoms with Crippen LogP contribution in [-0.4, -0.2) is 16.7 Å². The maximum Gasteiger partial charge on any atom is 0.311 e. The van der Waals surface area contributed by atoms with Crippen LogP contribution in [0.25, 0.3) is 0 Å². The zero-order valence-electron chi connectivity index (χ0n) is 14.0. The number of carbonyl (C=O) groups excluding carboxylic acids is 2. The summed E-state index contributed by atoms with van der Waals surface area (Å²) in [5, 5.41) is 0. The molecular formula is C20H14Br3NO3. The van der Waals surface area contributed by atoms with E-state index in [4.69, 9.17) is 4.74 Å². The summed E-state index contributed by atoms with van der Waals surface area (Å²) in [5.41, 5.74) is 1.73. The van der Waals surface area contributed by atoms with Crippen LogP contribution in [0.2, 0.25) is 0 Å². The Balaban J connectivity index is 1.76. The van der Waals surface area contributed by atoms with Gasteiger partial charge in [-0.3, -0.25) is 9.59 Å². The molecule has 0 atom stereocenters. The van der Waals surface area contributed by atoms with Gasteiger partial charge in [0.2, 0.25) is 5.78 Å². The van der Waals surface area contributed by atoms with Crippen LogP contribution in [0.15, 0.2) is 68.1 Å². The lowest BCUT2D eigenvalue weighted by Crippen LogP contribution is -2.13. The van der Waals surface area contributed by atoms with Crippen LogP contribution in [0.3, 0.4) is 0 Å². The van der Waals surface area contributed by atoms with Crippen LogP contribution in [0.1, 0.15) is 28.0 Å². The summed E-state index contributed by atoms with van der Waals surface area (Å²) in [6.45, 7) is 0. The lowest BCUT2D eigenvalue weighted by molar-refractivity contribution is -0.134. The van der Waals surface area contributed by atoms with Gasteiger partial charge in [-0.2, -0.15) is 0 Å². The molecule has 3 rings (SSSR count). The van der Waals surface area contributed by atoms with Crippen molar-refractivity contribution in [2.24, 2.45) is 0 Å². The molecule has 0 spiro atoms. The first-order chi connectivity index (χ1) is 13.0. The van der Waals surface area contributed by atoms with E-state index in [0.717, 1.165) is 5.56 Å². The molecule has 0 bridgehead atoms.